The average molecular weight is 446 g/mol. The fourth-order valence-corrected chi connectivity index (χ4v) is 3.96. The van der Waals surface area contributed by atoms with Crippen molar-refractivity contribution in [2.45, 2.75) is 31.8 Å². The molecule has 158 valence electrons. The second-order valence-electron chi connectivity index (χ2n) is 7.52. The first-order valence-electron chi connectivity index (χ1n) is 9.83. The van der Waals surface area contributed by atoms with Crippen LogP contribution in [0.5, 0.6) is 0 Å². The van der Waals surface area contributed by atoms with E-state index in [0.29, 0.717) is 21.2 Å². The molecule has 1 aliphatic rings. The Hall–Kier alpha value is -2.33. The molecular formula is C22H25Cl2N5O. The highest BCUT2D eigenvalue weighted by Gasteiger charge is 2.25. The smallest absolute Gasteiger partial charge is 0.317 e. The fourth-order valence-electron chi connectivity index (χ4n) is 3.41. The molecule has 8 heteroatoms. The summed E-state index contributed by atoms with van der Waals surface area (Å²) in [6.45, 7) is 3.89. The lowest BCUT2D eigenvalue weighted by Crippen LogP contribution is -2.48. The van der Waals surface area contributed by atoms with Crippen LogP contribution in [0.25, 0.3) is 0 Å². The van der Waals surface area contributed by atoms with Gasteiger partial charge in [-0.1, -0.05) is 41.1 Å². The quantitative estimate of drug-likeness (QED) is 0.725. The summed E-state index contributed by atoms with van der Waals surface area (Å²) >= 11 is 13.0. The van der Waals surface area contributed by atoms with E-state index in [4.69, 9.17) is 23.2 Å². The van der Waals surface area contributed by atoms with Crippen LogP contribution in [0.1, 0.15) is 42.5 Å². The van der Waals surface area contributed by atoms with Crippen LogP contribution in [-0.2, 0) is 0 Å². The zero-order valence-corrected chi connectivity index (χ0v) is 18.8. The molecule has 1 unspecified atom stereocenters. The van der Waals surface area contributed by atoms with E-state index in [1.807, 2.05) is 26.1 Å². The number of carbonyl (C=O) groups excluding carboxylic acids is 1. The van der Waals surface area contributed by atoms with E-state index >= 15 is 0 Å². The van der Waals surface area contributed by atoms with Crippen molar-refractivity contribution in [2.75, 3.05) is 27.2 Å². The second kappa shape index (κ2) is 10.1. The van der Waals surface area contributed by atoms with Crippen molar-refractivity contribution in [3.05, 3.63) is 57.6 Å². The van der Waals surface area contributed by atoms with Crippen molar-refractivity contribution in [2.24, 2.45) is 0 Å². The third-order valence-electron chi connectivity index (χ3n) is 5.38. The van der Waals surface area contributed by atoms with Gasteiger partial charge in [0.25, 0.3) is 0 Å². The summed E-state index contributed by atoms with van der Waals surface area (Å²) < 4.78 is 0. The van der Waals surface area contributed by atoms with Crippen LogP contribution < -0.4 is 5.32 Å². The number of halogens is 2. The topological polar surface area (TPSA) is 61.4 Å². The largest absolute Gasteiger partial charge is 0.331 e. The molecule has 0 saturated carbocycles. The summed E-state index contributed by atoms with van der Waals surface area (Å²) in [7, 11) is 3.95. The van der Waals surface area contributed by atoms with Crippen LogP contribution in [-0.4, -0.2) is 59.0 Å². The Morgan fingerprint density at radius 2 is 1.87 bits per heavy atom. The van der Waals surface area contributed by atoms with Gasteiger partial charge in [0, 0.05) is 31.0 Å². The van der Waals surface area contributed by atoms with Crippen LogP contribution in [0.2, 0.25) is 10.0 Å². The van der Waals surface area contributed by atoms with Crippen molar-refractivity contribution >= 4 is 29.2 Å². The number of hydrogen-bond acceptors (Lipinski definition) is 4. The Kier molecular flexibility index (Phi) is 7.54. The molecule has 1 aromatic heterocycles. The summed E-state index contributed by atoms with van der Waals surface area (Å²) in [6.07, 6.45) is 6.65. The number of aromatic nitrogens is 2. The van der Waals surface area contributed by atoms with E-state index in [1.165, 1.54) is 6.33 Å². The van der Waals surface area contributed by atoms with Crippen molar-refractivity contribution < 1.29 is 4.79 Å². The first-order chi connectivity index (χ1) is 14.4. The first-order valence-corrected chi connectivity index (χ1v) is 10.6. The van der Waals surface area contributed by atoms with Crippen LogP contribution in [0.4, 0.5) is 4.79 Å². The molecule has 2 heterocycles. The van der Waals surface area contributed by atoms with Crippen LogP contribution in [0.3, 0.4) is 0 Å². The monoisotopic (exact) mass is 445 g/mol. The van der Waals surface area contributed by atoms with Crippen molar-refractivity contribution in [1.82, 2.24) is 25.1 Å². The molecule has 2 amide bonds. The van der Waals surface area contributed by atoms with Gasteiger partial charge in [-0.25, -0.2) is 14.8 Å². The molecule has 30 heavy (non-hydrogen) atoms. The van der Waals surface area contributed by atoms with E-state index in [2.05, 4.69) is 39.1 Å². The van der Waals surface area contributed by atoms with Crippen molar-refractivity contribution in [1.29, 1.82) is 0 Å². The number of piperidine rings is 1. The highest BCUT2D eigenvalue weighted by Crippen LogP contribution is 2.33. The molecule has 1 fully saturated rings. The number of benzene rings is 1. The number of amides is 2. The van der Waals surface area contributed by atoms with Gasteiger partial charge in [0.1, 0.15) is 6.33 Å². The summed E-state index contributed by atoms with van der Waals surface area (Å²) in [5.74, 6) is 5.96. The average Bonchev–Trinajstić information content (AvgIpc) is 2.75. The summed E-state index contributed by atoms with van der Waals surface area (Å²) in [5.41, 5.74) is 2.04. The van der Waals surface area contributed by atoms with E-state index in [-0.39, 0.29) is 18.1 Å². The van der Waals surface area contributed by atoms with Gasteiger partial charge in [0.15, 0.2) is 0 Å². The highest BCUT2D eigenvalue weighted by molar-refractivity contribution is 6.43. The molecule has 1 aromatic carbocycles. The molecule has 6 nitrogen and oxygen atoms in total. The number of rotatable bonds is 3. The minimum Gasteiger partial charge on any atom is -0.331 e. The number of urea groups is 1. The number of hydrogen-bond donors (Lipinski definition) is 1. The molecule has 0 aliphatic carbocycles. The SMILES string of the molecule is CC(NC(=O)N(C)C1CCN(C)CC1)c1ccc(C#Cc2cncnc2)c(Cl)c1Cl. The Morgan fingerprint density at radius 1 is 1.20 bits per heavy atom. The van der Waals surface area contributed by atoms with Gasteiger partial charge < -0.3 is 15.1 Å². The van der Waals surface area contributed by atoms with Crippen molar-refractivity contribution in [3.63, 3.8) is 0 Å². The lowest BCUT2D eigenvalue weighted by Gasteiger charge is -2.35. The zero-order valence-electron chi connectivity index (χ0n) is 17.3. The third kappa shape index (κ3) is 5.42. The minimum absolute atomic E-state index is 0.114. The van der Waals surface area contributed by atoms with Gasteiger partial charge in [-0.15, -0.1) is 0 Å². The predicted octanol–water partition coefficient (Wildman–Crippen LogP) is 3.98. The van der Waals surface area contributed by atoms with Gasteiger partial charge in [0.05, 0.1) is 21.7 Å². The third-order valence-corrected chi connectivity index (χ3v) is 6.27. The van der Waals surface area contributed by atoms with E-state index in [1.54, 1.807) is 17.3 Å². The predicted molar refractivity (Wildman–Crippen MR) is 120 cm³/mol. The normalized spacial score (nSPS) is 15.8. The van der Waals surface area contributed by atoms with Gasteiger partial charge >= 0.3 is 6.03 Å². The Morgan fingerprint density at radius 3 is 2.53 bits per heavy atom. The maximum absolute atomic E-state index is 12.7. The van der Waals surface area contributed by atoms with Gasteiger partial charge in [-0.05, 0) is 51.5 Å². The molecule has 3 rings (SSSR count). The highest BCUT2D eigenvalue weighted by atomic mass is 35.5. The lowest BCUT2D eigenvalue weighted by atomic mass is 10.0. The van der Waals surface area contributed by atoms with E-state index in [0.717, 1.165) is 31.5 Å². The molecule has 1 atom stereocenters. The van der Waals surface area contributed by atoms with Crippen LogP contribution in [0.15, 0.2) is 30.9 Å². The minimum atomic E-state index is -0.291. The molecule has 1 aliphatic heterocycles. The first kappa shape index (κ1) is 22.4. The number of nitrogens with one attached hydrogen (secondary N) is 1. The van der Waals surface area contributed by atoms with Crippen LogP contribution >= 0.6 is 23.2 Å². The summed E-state index contributed by atoms with van der Waals surface area (Å²) in [6, 6.07) is 3.49. The zero-order chi connectivity index (χ0) is 21.7. The Labute approximate surface area is 187 Å². The maximum Gasteiger partial charge on any atom is 0.317 e. The number of likely N-dealkylation sites (tertiary alicyclic amines) is 1. The standard InChI is InChI=1S/C22H25Cl2N5O/c1-15(27-22(30)29(3)18-8-10-28(2)11-9-18)19-7-6-17(20(23)21(19)24)5-4-16-12-25-14-26-13-16/h6-7,12-15,18H,8-11H2,1-3H3,(H,27,30). The van der Waals surface area contributed by atoms with Gasteiger partial charge in [0.2, 0.25) is 0 Å². The molecule has 1 N–H and O–H groups in total. The van der Waals surface area contributed by atoms with Crippen LogP contribution in [0, 0.1) is 11.8 Å². The van der Waals surface area contributed by atoms with E-state index < -0.39 is 0 Å². The molecule has 0 bridgehead atoms. The van der Waals surface area contributed by atoms with Gasteiger partial charge in [-0.2, -0.15) is 0 Å². The Balaban J connectivity index is 1.69. The molecule has 1 saturated heterocycles. The Bertz CT molecular complexity index is 949. The molecule has 2 aromatic rings. The summed E-state index contributed by atoms with van der Waals surface area (Å²) in [4.78, 5) is 24.7. The lowest BCUT2D eigenvalue weighted by molar-refractivity contribution is 0.146. The van der Waals surface area contributed by atoms with Gasteiger partial charge in [-0.3, -0.25) is 0 Å². The number of nitrogens with zero attached hydrogens (tertiary/aromatic N) is 4. The molecule has 0 radical (unpaired) electrons. The molecule has 0 spiro atoms. The number of carbonyl (C=O) groups is 1. The summed E-state index contributed by atoms with van der Waals surface area (Å²) in [5, 5.41) is 3.78. The fraction of sp³-hybridized carbons (Fsp3) is 0.409. The van der Waals surface area contributed by atoms with Crippen molar-refractivity contribution in [3.8, 4) is 11.8 Å². The van der Waals surface area contributed by atoms with E-state index in [9.17, 15) is 4.79 Å². The maximum atomic E-state index is 12.7. The molecular weight excluding hydrogens is 421 g/mol. The second-order valence-corrected chi connectivity index (χ2v) is 8.28.